The van der Waals surface area contributed by atoms with Crippen LogP contribution in [0.25, 0.3) is 0 Å². The number of ether oxygens (including phenoxy) is 1. The molecule has 0 unspecified atom stereocenters. The minimum absolute atomic E-state index is 0.0329. The summed E-state index contributed by atoms with van der Waals surface area (Å²) in [7, 11) is -2.56. The Bertz CT molecular complexity index is 1200. The van der Waals surface area contributed by atoms with Crippen molar-refractivity contribution in [1.82, 2.24) is 0 Å². The first-order valence-electron chi connectivity index (χ1n) is 8.62. The standard InChI is InChI=1S/C20H17N3O6S/c1-29-19-12-11-14(23(25)26)13-18(19)21-20(24)16-9-5-6-10-17(16)22-30(27,28)15-7-3-2-4-8-15/h2-13,22H,1H3,(H,21,24). The molecule has 10 heteroatoms. The summed E-state index contributed by atoms with van der Waals surface area (Å²) in [5.74, 6) is -0.448. The van der Waals surface area contributed by atoms with Crippen molar-refractivity contribution >= 4 is 33.0 Å². The Balaban J connectivity index is 1.92. The quantitative estimate of drug-likeness (QED) is 0.437. The van der Waals surface area contributed by atoms with Gasteiger partial charge < -0.3 is 10.1 Å². The molecule has 0 aromatic heterocycles. The van der Waals surface area contributed by atoms with E-state index in [1.807, 2.05) is 0 Å². The molecule has 3 aromatic carbocycles. The van der Waals surface area contributed by atoms with Crippen LogP contribution in [0, 0.1) is 10.1 Å². The largest absolute Gasteiger partial charge is 0.495 e. The maximum Gasteiger partial charge on any atom is 0.271 e. The number of carbonyl (C=O) groups is 1. The number of methoxy groups -OCH3 is 1. The molecule has 0 fully saturated rings. The number of nitro benzene ring substituents is 1. The van der Waals surface area contributed by atoms with Crippen molar-refractivity contribution < 1.29 is 22.9 Å². The number of amides is 1. The fourth-order valence-corrected chi connectivity index (χ4v) is 3.77. The molecule has 0 aliphatic rings. The van der Waals surface area contributed by atoms with Gasteiger partial charge in [0.25, 0.3) is 21.6 Å². The van der Waals surface area contributed by atoms with E-state index < -0.39 is 20.9 Å². The van der Waals surface area contributed by atoms with Crippen LogP contribution in [-0.4, -0.2) is 26.4 Å². The first-order chi connectivity index (χ1) is 14.3. The highest BCUT2D eigenvalue weighted by Gasteiger charge is 2.20. The first kappa shape index (κ1) is 20.8. The molecule has 0 bridgehead atoms. The number of non-ortho nitro benzene ring substituents is 1. The molecule has 3 rings (SSSR count). The normalized spacial score (nSPS) is 10.8. The van der Waals surface area contributed by atoms with Gasteiger partial charge in [0.15, 0.2) is 0 Å². The first-order valence-corrected chi connectivity index (χ1v) is 10.1. The van der Waals surface area contributed by atoms with Crippen LogP contribution >= 0.6 is 0 Å². The van der Waals surface area contributed by atoms with Crippen molar-refractivity contribution in [3.8, 4) is 5.75 Å². The molecular weight excluding hydrogens is 410 g/mol. The predicted molar refractivity (Wildman–Crippen MR) is 111 cm³/mol. The number of nitro groups is 1. The van der Waals surface area contributed by atoms with Crippen molar-refractivity contribution in [3.63, 3.8) is 0 Å². The number of benzene rings is 3. The van der Waals surface area contributed by atoms with Crippen LogP contribution in [0.15, 0.2) is 77.7 Å². The third-order valence-electron chi connectivity index (χ3n) is 4.11. The number of nitrogens with zero attached hydrogens (tertiary/aromatic N) is 1. The van der Waals surface area contributed by atoms with Crippen LogP contribution in [0.5, 0.6) is 5.75 Å². The second-order valence-electron chi connectivity index (χ2n) is 6.06. The Morgan fingerprint density at radius 2 is 1.63 bits per heavy atom. The van der Waals surface area contributed by atoms with Crippen LogP contribution in [0.2, 0.25) is 0 Å². The lowest BCUT2D eigenvalue weighted by molar-refractivity contribution is -0.384. The Morgan fingerprint density at radius 1 is 0.967 bits per heavy atom. The number of hydrogen-bond acceptors (Lipinski definition) is 6. The lowest BCUT2D eigenvalue weighted by Gasteiger charge is -2.14. The zero-order valence-electron chi connectivity index (χ0n) is 15.7. The van der Waals surface area contributed by atoms with Gasteiger partial charge in [-0.2, -0.15) is 0 Å². The summed E-state index contributed by atoms with van der Waals surface area (Å²) in [5.41, 5.74) is -0.0598. The molecule has 30 heavy (non-hydrogen) atoms. The highest BCUT2D eigenvalue weighted by Crippen LogP contribution is 2.30. The van der Waals surface area contributed by atoms with Crippen LogP contribution in [0.3, 0.4) is 0 Å². The minimum atomic E-state index is -3.92. The zero-order valence-corrected chi connectivity index (χ0v) is 16.5. The Kier molecular flexibility index (Phi) is 5.98. The van der Waals surface area contributed by atoms with E-state index in [9.17, 15) is 23.3 Å². The molecule has 0 atom stereocenters. The van der Waals surface area contributed by atoms with Crippen LogP contribution in [0.4, 0.5) is 17.1 Å². The smallest absolute Gasteiger partial charge is 0.271 e. The molecule has 2 N–H and O–H groups in total. The summed E-state index contributed by atoms with van der Waals surface area (Å²) >= 11 is 0. The molecule has 9 nitrogen and oxygen atoms in total. The van der Waals surface area contributed by atoms with Crippen molar-refractivity contribution in [2.24, 2.45) is 0 Å². The highest BCUT2D eigenvalue weighted by atomic mass is 32.2. The minimum Gasteiger partial charge on any atom is -0.495 e. The zero-order chi connectivity index (χ0) is 21.7. The molecule has 3 aromatic rings. The number of para-hydroxylation sites is 1. The molecular formula is C20H17N3O6S. The van der Waals surface area contributed by atoms with Gasteiger partial charge in [-0.05, 0) is 30.3 Å². The van der Waals surface area contributed by atoms with E-state index in [4.69, 9.17) is 4.74 Å². The van der Waals surface area contributed by atoms with Gasteiger partial charge in [0.1, 0.15) is 5.75 Å². The second kappa shape index (κ2) is 8.62. The average Bonchev–Trinajstić information content (AvgIpc) is 2.74. The molecule has 1 amide bonds. The Labute approximate surface area is 172 Å². The van der Waals surface area contributed by atoms with Gasteiger partial charge in [-0.1, -0.05) is 30.3 Å². The number of anilines is 2. The van der Waals surface area contributed by atoms with Gasteiger partial charge in [-0.15, -0.1) is 0 Å². The van der Waals surface area contributed by atoms with E-state index in [2.05, 4.69) is 10.0 Å². The molecule has 154 valence electrons. The fraction of sp³-hybridized carbons (Fsp3) is 0.0500. The van der Waals surface area contributed by atoms with E-state index in [-0.39, 0.29) is 33.3 Å². The third kappa shape index (κ3) is 4.55. The summed E-state index contributed by atoms with van der Waals surface area (Å²) in [5, 5.41) is 13.6. The van der Waals surface area contributed by atoms with Crippen LogP contribution in [0.1, 0.15) is 10.4 Å². The molecule has 0 heterocycles. The van der Waals surface area contributed by atoms with E-state index in [0.29, 0.717) is 0 Å². The van der Waals surface area contributed by atoms with Gasteiger partial charge in [-0.25, -0.2) is 8.42 Å². The third-order valence-corrected chi connectivity index (χ3v) is 5.49. The maximum absolute atomic E-state index is 12.8. The maximum atomic E-state index is 12.8. The summed E-state index contributed by atoms with van der Waals surface area (Å²) < 4.78 is 32.8. The second-order valence-corrected chi connectivity index (χ2v) is 7.74. The van der Waals surface area contributed by atoms with E-state index in [1.165, 1.54) is 43.5 Å². The topological polar surface area (TPSA) is 128 Å². The van der Waals surface area contributed by atoms with Crippen LogP contribution in [-0.2, 0) is 10.0 Å². The number of rotatable bonds is 7. The summed E-state index contributed by atoms with van der Waals surface area (Å²) in [6, 6.07) is 17.5. The van der Waals surface area contributed by atoms with E-state index >= 15 is 0 Å². The molecule has 0 radical (unpaired) electrons. The van der Waals surface area contributed by atoms with Crippen molar-refractivity contribution in [3.05, 3.63) is 88.5 Å². The van der Waals surface area contributed by atoms with Gasteiger partial charge in [0, 0.05) is 12.1 Å². The number of nitrogens with one attached hydrogen (secondary N) is 2. The lowest BCUT2D eigenvalue weighted by atomic mass is 10.1. The summed E-state index contributed by atoms with van der Waals surface area (Å²) in [4.78, 5) is 23.3. The molecule has 0 aliphatic carbocycles. The average molecular weight is 427 g/mol. The summed E-state index contributed by atoms with van der Waals surface area (Å²) in [6.45, 7) is 0. The Morgan fingerprint density at radius 3 is 2.30 bits per heavy atom. The molecule has 0 saturated carbocycles. The fourth-order valence-electron chi connectivity index (χ4n) is 2.67. The van der Waals surface area contributed by atoms with Gasteiger partial charge >= 0.3 is 0 Å². The van der Waals surface area contributed by atoms with E-state index in [1.54, 1.807) is 30.3 Å². The number of carbonyl (C=O) groups excluding carboxylic acids is 1. The highest BCUT2D eigenvalue weighted by molar-refractivity contribution is 7.92. The summed E-state index contributed by atoms with van der Waals surface area (Å²) in [6.07, 6.45) is 0. The van der Waals surface area contributed by atoms with Crippen molar-refractivity contribution in [2.45, 2.75) is 4.90 Å². The predicted octanol–water partition coefficient (Wildman–Crippen LogP) is 3.66. The number of hydrogen-bond donors (Lipinski definition) is 2. The van der Waals surface area contributed by atoms with Gasteiger partial charge in [0.2, 0.25) is 0 Å². The van der Waals surface area contributed by atoms with Gasteiger partial charge in [0.05, 0.1) is 33.9 Å². The number of sulfonamides is 1. The van der Waals surface area contributed by atoms with Crippen molar-refractivity contribution in [1.29, 1.82) is 0 Å². The molecule has 0 aliphatic heterocycles. The van der Waals surface area contributed by atoms with Crippen molar-refractivity contribution in [2.75, 3.05) is 17.1 Å². The lowest BCUT2D eigenvalue weighted by Crippen LogP contribution is -2.19. The van der Waals surface area contributed by atoms with Gasteiger partial charge in [-0.3, -0.25) is 19.6 Å². The Hall–Kier alpha value is -3.92. The molecule has 0 saturated heterocycles. The SMILES string of the molecule is COc1ccc([N+](=O)[O-])cc1NC(=O)c1ccccc1NS(=O)(=O)c1ccccc1. The molecule has 0 spiro atoms. The van der Waals surface area contributed by atoms with E-state index in [0.717, 1.165) is 6.07 Å². The van der Waals surface area contributed by atoms with Crippen LogP contribution < -0.4 is 14.8 Å². The monoisotopic (exact) mass is 427 g/mol.